The van der Waals surface area contributed by atoms with Crippen molar-refractivity contribution in [1.82, 2.24) is 9.55 Å². The second kappa shape index (κ2) is 3.90. The van der Waals surface area contributed by atoms with Gasteiger partial charge in [-0.2, -0.15) is 0 Å². The number of hydrogen-bond donors (Lipinski definition) is 3. The Morgan fingerprint density at radius 2 is 2.46 bits per heavy atom. The van der Waals surface area contributed by atoms with Crippen molar-refractivity contribution in [2.45, 2.75) is 19.0 Å². The third-order valence-corrected chi connectivity index (χ3v) is 1.72. The highest BCUT2D eigenvalue weighted by molar-refractivity contribution is 5.72. The topological polar surface area (TPSA) is 101 Å². The molecule has 0 saturated heterocycles. The van der Waals surface area contributed by atoms with E-state index in [-0.39, 0.29) is 12.1 Å². The van der Waals surface area contributed by atoms with Gasteiger partial charge in [0, 0.05) is 18.9 Å². The van der Waals surface area contributed by atoms with Gasteiger partial charge in [0.15, 0.2) is 0 Å². The minimum atomic E-state index is -1.05. The van der Waals surface area contributed by atoms with E-state index in [1.165, 1.54) is 10.8 Å². The van der Waals surface area contributed by atoms with Crippen LogP contribution in [-0.2, 0) is 11.3 Å². The molecule has 1 aromatic heterocycles. The first-order valence-corrected chi connectivity index (χ1v) is 3.83. The standard InChI is InChI=1S/C7H11N3O3/c8-5(6(11)12)1-3-10-4-2-9-7(10)13/h2,4-5H,1,3,8H2,(H,9,13)(H,11,12). The third-order valence-electron chi connectivity index (χ3n) is 1.72. The Balaban J connectivity index is 2.48. The van der Waals surface area contributed by atoms with E-state index in [4.69, 9.17) is 10.8 Å². The SMILES string of the molecule is NC(CCn1cc[nH]c1=O)C(=O)O. The molecule has 0 aliphatic carbocycles. The van der Waals surface area contributed by atoms with Gasteiger partial charge >= 0.3 is 11.7 Å². The highest BCUT2D eigenvalue weighted by atomic mass is 16.4. The van der Waals surface area contributed by atoms with Crippen LogP contribution >= 0.6 is 0 Å². The molecule has 0 aliphatic heterocycles. The van der Waals surface area contributed by atoms with Crippen LogP contribution in [0.15, 0.2) is 17.2 Å². The van der Waals surface area contributed by atoms with E-state index in [2.05, 4.69) is 4.98 Å². The molecule has 0 aromatic carbocycles. The molecule has 0 spiro atoms. The predicted octanol–water partition coefficient (Wildman–Crippen LogP) is -1.02. The Morgan fingerprint density at radius 3 is 2.92 bits per heavy atom. The van der Waals surface area contributed by atoms with Gasteiger partial charge in [-0.25, -0.2) is 4.79 Å². The number of H-pyrrole nitrogens is 1. The molecule has 0 radical (unpaired) electrons. The van der Waals surface area contributed by atoms with Crippen molar-refractivity contribution in [3.63, 3.8) is 0 Å². The number of hydrogen-bond acceptors (Lipinski definition) is 3. The number of carboxylic acids is 1. The average molecular weight is 185 g/mol. The summed E-state index contributed by atoms with van der Waals surface area (Å²) in [5.41, 5.74) is 5.01. The van der Waals surface area contributed by atoms with Crippen LogP contribution in [-0.4, -0.2) is 26.7 Å². The summed E-state index contributed by atoms with van der Waals surface area (Å²) in [6.45, 7) is 0.315. The summed E-state index contributed by atoms with van der Waals surface area (Å²) in [6.07, 6.45) is 3.29. The van der Waals surface area contributed by atoms with E-state index in [1.54, 1.807) is 6.20 Å². The average Bonchev–Trinajstić information content (AvgIpc) is 2.47. The summed E-state index contributed by atoms with van der Waals surface area (Å²) in [5.74, 6) is -1.05. The van der Waals surface area contributed by atoms with Crippen molar-refractivity contribution in [3.8, 4) is 0 Å². The van der Waals surface area contributed by atoms with Crippen LogP contribution in [0.1, 0.15) is 6.42 Å². The van der Waals surface area contributed by atoms with E-state index >= 15 is 0 Å². The lowest BCUT2D eigenvalue weighted by atomic mass is 10.2. The Morgan fingerprint density at radius 1 is 1.77 bits per heavy atom. The number of aromatic amines is 1. The maximum atomic E-state index is 10.9. The first-order valence-electron chi connectivity index (χ1n) is 3.83. The molecule has 0 fully saturated rings. The van der Waals surface area contributed by atoms with E-state index in [0.29, 0.717) is 6.54 Å². The molecule has 0 amide bonds. The maximum Gasteiger partial charge on any atom is 0.325 e. The summed E-state index contributed by atoms with van der Waals surface area (Å²) in [4.78, 5) is 23.7. The molecule has 72 valence electrons. The number of carboxylic acid groups (broad SMARTS) is 1. The van der Waals surface area contributed by atoms with Crippen molar-refractivity contribution in [3.05, 3.63) is 22.9 Å². The zero-order valence-electron chi connectivity index (χ0n) is 6.93. The van der Waals surface area contributed by atoms with E-state index in [9.17, 15) is 9.59 Å². The van der Waals surface area contributed by atoms with Crippen molar-refractivity contribution < 1.29 is 9.90 Å². The fraction of sp³-hybridized carbons (Fsp3) is 0.429. The number of nitrogens with one attached hydrogen (secondary N) is 1. The molecule has 13 heavy (non-hydrogen) atoms. The Hall–Kier alpha value is -1.56. The Kier molecular flexibility index (Phi) is 2.86. The minimum absolute atomic E-state index is 0.243. The van der Waals surface area contributed by atoms with Gasteiger partial charge < -0.3 is 15.8 Å². The van der Waals surface area contributed by atoms with Crippen LogP contribution < -0.4 is 11.4 Å². The van der Waals surface area contributed by atoms with Gasteiger partial charge in [0.05, 0.1) is 0 Å². The Bertz CT molecular complexity index is 341. The number of nitrogens with zero attached hydrogens (tertiary/aromatic N) is 1. The molecular formula is C7H11N3O3. The lowest BCUT2D eigenvalue weighted by Crippen LogP contribution is -2.32. The zero-order valence-corrected chi connectivity index (χ0v) is 6.93. The second-order valence-corrected chi connectivity index (χ2v) is 2.69. The van der Waals surface area contributed by atoms with Crippen LogP contribution in [0.2, 0.25) is 0 Å². The maximum absolute atomic E-state index is 10.9. The molecule has 0 bridgehead atoms. The lowest BCUT2D eigenvalue weighted by Gasteiger charge is -2.05. The Labute approximate surface area is 74.0 Å². The van der Waals surface area contributed by atoms with Crippen molar-refractivity contribution >= 4 is 5.97 Å². The molecular weight excluding hydrogens is 174 g/mol. The monoisotopic (exact) mass is 185 g/mol. The van der Waals surface area contributed by atoms with Crippen LogP contribution in [0, 0.1) is 0 Å². The normalized spacial score (nSPS) is 12.7. The molecule has 6 heteroatoms. The van der Waals surface area contributed by atoms with E-state index in [0.717, 1.165) is 0 Å². The van der Waals surface area contributed by atoms with Gasteiger partial charge in [-0.1, -0.05) is 0 Å². The van der Waals surface area contributed by atoms with Gasteiger partial charge in [-0.3, -0.25) is 9.36 Å². The first kappa shape index (κ1) is 9.53. The number of aryl methyl sites for hydroxylation is 1. The number of carbonyl (C=O) groups is 1. The largest absolute Gasteiger partial charge is 0.480 e. The van der Waals surface area contributed by atoms with Gasteiger partial charge in [0.1, 0.15) is 6.04 Å². The summed E-state index contributed by atoms with van der Waals surface area (Å²) in [7, 11) is 0. The summed E-state index contributed by atoms with van der Waals surface area (Å²) < 4.78 is 1.38. The predicted molar refractivity (Wildman–Crippen MR) is 45.3 cm³/mol. The number of aromatic nitrogens is 2. The van der Waals surface area contributed by atoms with Gasteiger partial charge in [0.25, 0.3) is 0 Å². The van der Waals surface area contributed by atoms with Crippen molar-refractivity contribution in [2.75, 3.05) is 0 Å². The quantitative estimate of drug-likeness (QED) is 0.558. The van der Waals surface area contributed by atoms with Crippen LogP contribution in [0.3, 0.4) is 0 Å². The molecule has 6 nitrogen and oxygen atoms in total. The number of nitrogens with two attached hydrogens (primary N) is 1. The molecule has 1 aromatic rings. The number of aliphatic carboxylic acids is 1. The molecule has 1 unspecified atom stereocenters. The zero-order chi connectivity index (χ0) is 9.84. The minimum Gasteiger partial charge on any atom is -0.480 e. The highest BCUT2D eigenvalue weighted by Gasteiger charge is 2.11. The van der Waals surface area contributed by atoms with Crippen molar-refractivity contribution in [2.24, 2.45) is 5.73 Å². The fourth-order valence-electron chi connectivity index (χ4n) is 0.927. The summed E-state index contributed by atoms with van der Waals surface area (Å²) in [5, 5.41) is 8.46. The molecule has 0 saturated carbocycles. The molecule has 0 aliphatic rings. The van der Waals surface area contributed by atoms with Crippen LogP contribution in [0.5, 0.6) is 0 Å². The van der Waals surface area contributed by atoms with Gasteiger partial charge in [-0.05, 0) is 6.42 Å². The smallest absolute Gasteiger partial charge is 0.325 e. The molecule has 1 atom stereocenters. The summed E-state index contributed by atoms with van der Waals surface area (Å²) >= 11 is 0. The van der Waals surface area contributed by atoms with Crippen LogP contribution in [0.25, 0.3) is 0 Å². The fourth-order valence-corrected chi connectivity index (χ4v) is 0.927. The first-order chi connectivity index (χ1) is 6.11. The molecule has 1 rings (SSSR count). The second-order valence-electron chi connectivity index (χ2n) is 2.69. The number of imidazole rings is 1. The molecule has 4 N–H and O–H groups in total. The lowest BCUT2D eigenvalue weighted by molar-refractivity contribution is -0.138. The van der Waals surface area contributed by atoms with E-state index in [1.807, 2.05) is 0 Å². The van der Waals surface area contributed by atoms with Gasteiger partial charge in [-0.15, -0.1) is 0 Å². The van der Waals surface area contributed by atoms with Crippen molar-refractivity contribution in [1.29, 1.82) is 0 Å². The van der Waals surface area contributed by atoms with E-state index < -0.39 is 12.0 Å². The molecule has 1 heterocycles. The highest BCUT2D eigenvalue weighted by Crippen LogP contribution is 1.91. The number of rotatable bonds is 4. The van der Waals surface area contributed by atoms with Gasteiger partial charge in [0.2, 0.25) is 0 Å². The van der Waals surface area contributed by atoms with Crippen LogP contribution in [0.4, 0.5) is 0 Å². The third kappa shape index (κ3) is 2.45. The summed E-state index contributed by atoms with van der Waals surface area (Å²) in [6, 6.07) is -0.915.